The number of hydrogen-bond donors (Lipinski definition) is 1. The number of unbranched alkanes of at least 4 members (excludes halogenated alkanes) is 1. The van der Waals surface area contributed by atoms with Gasteiger partial charge in [-0.1, -0.05) is 18.0 Å². The summed E-state index contributed by atoms with van der Waals surface area (Å²) in [6, 6.07) is 12.3. The van der Waals surface area contributed by atoms with E-state index in [-0.39, 0.29) is 12.1 Å². The van der Waals surface area contributed by atoms with Crippen molar-refractivity contribution in [2.45, 2.75) is 51.0 Å². The highest BCUT2D eigenvalue weighted by Gasteiger charge is 2.19. The van der Waals surface area contributed by atoms with Gasteiger partial charge in [0.1, 0.15) is 17.6 Å². The average molecular weight is 418 g/mol. The Morgan fingerprint density at radius 1 is 0.966 bits per heavy atom. The summed E-state index contributed by atoms with van der Waals surface area (Å²) >= 11 is 5.85. The van der Waals surface area contributed by atoms with Crippen LogP contribution in [0.2, 0.25) is 5.02 Å². The van der Waals surface area contributed by atoms with Gasteiger partial charge in [-0.25, -0.2) is 4.79 Å². The highest BCUT2D eigenvalue weighted by molar-refractivity contribution is 6.30. The Labute approximate surface area is 177 Å². The van der Waals surface area contributed by atoms with E-state index >= 15 is 0 Å². The van der Waals surface area contributed by atoms with Gasteiger partial charge in [0.25, 0.3) is 0 Å². The molecule has 1 aliphatic carbocycles. The molecule has 29 heavy (non-hydrogen) atoms. The number of carbonyl (C=O) groups excluding carboxylic acids is 1. The summed E-state index contributed by atoms with van der Waals surface area (Å²) in [6.45, 7) is 1.09. The third kappa shape index (κ3) is 6.86. The van der Waals surface area contributed by atoms with E-state index in [0.29, 0.717) is 35.2 Å². The standard InChI is InChI=1S/C23H28ClNO4/c24-18-9-11-19(12-10-18)27-14-4-5-15-28-22-16-17(8-13-21(22)25)23(26)29-20-6-2-1-3-7-20/h8-13,16,20H,1-7,14-15,25H2. The van der Waals surface area contributed by atoms with Gasteiger partial charge in [0.05, 0.1) is 24.5 Å². The molecule has 3 rings (SSSR count). The molecule has 2 N–H and O–H groups in total. The summed E-state index contributed by atoms with van der Waals surface area (Å²) in [4.78, 5) is 12.4. The highest BCUT2D eigenvalue weighted by Crippen LogP contribution is 2.26. The number of benzene rings is 2. The van der Waals surface area contributed by atoms with Crippen molar-refractivity contribution in [1.29, 1.82) is 0 Å². The normalized spacial score (nSPS) is 14.4. The Hall–Kier alpha value is -2.40. The lowest BCUT2D eigenvalue weighted by molar-refractivity contribution is 0.0211. The van der Waals surface area contributed by atoms with Gasteiger partial charge in [-0.05, 0) is 81.0 Å². The van der Waals surface area contributed by atoms with Gasteiger partial charge in [-0.3, -0.25) is 0 Å². The first-order chi connectivity index (χ1) is 14.1. The number of carbonyl (C=O) groups is 1. The number of esters is 1. The molecule has 1 saturated carbocycles. The molecule has 0 aliphatic heterocycles. The van der Waals surface area contributed by atoms with Crippen LogP contribution >= 0.6 is 11.6 Å². The predicted molar refractivity (Wildman–Crippen MR) is 115 cm³/mol. The van der Waals surface area contributed by atoms with Gasteiger partial charge in [-0.15, -0.1) is 0 Å². The van der Waals surface area contributed by atoms with Crippen molar-refractivity contribution in [1.82, 2.24) is 0 Å². The molecule has 5 nitrogen and oxygen atoms in total. The van der Waals surface area contributed by atoms with Crippen molar-refractivity contribution in [3.8, 4) is 11.5 Å². The van der Waals surface area contributed by atoms with Crippen LogP contribution in [0.25, 0.3) is 0 Å². The number of anilines is 1. The van der Waals surface area contributed by atoms with Crippen LogP contribution < -0.4 is 15.2 Å². The summed E-state index contributed by atoms with van der Waals surface area (Å²) in [5.41, 5.74) is 6.98. The smallest absolute Gasteiger partial charge is 0.338 e. The Bertz CT molecular complexity index is 788. The van der Waals surface area contributed by atoms with E-state index in [4.69, 9.17) is 31.5 Å². The van der Waals surface area contributed by atoms with Crippen LogP contribution in [0.4, 0.5) is 5.69 Å². The zero-order valence-electron chi connectivity index (χ0n) is 16.6. The third-order valence-corrected chi connectivity index (χ3v) is 5.21. The van der Waals surface area contributed by atoms with Gasteiger partial charge >= 0.3 is 5.97 Å². The molecule has 2 aromatic rings. The van der Waals surface area contributed by atoms with Crippen molar-refractivity contribution in [2.24, 2.45) is 0 Å². The lowest BCUT2D eigenvalue weighted by atomic mass is 9.98. The molecule has 2 aromatic carbocycles. The van der Waals surface area contributed by atoms with Crippen LogP contribution in [0.15, 0.2) is 42.5 Å². The van der Waals surface area contributed by atoms with Gasteiger partial charge < -0.3 is 19.9 Å². The molecule has 0 aromatic heterocycles. The first-order valence-electron chi connectivity index (χ1n) is 10.2. The second-order valence-electron chi connectivity index (χ2n) is 7.28. The minimum Gasteiger partial charge on any atom is -0.494 e. The number of hydrogen-bond acceptors (Lipinski definition) is 5. The van der Waals surface area contributed by atoms with Crippen LogP contribution in [0.1, 0.15) is 55.3 Å². The number of halogens is 1. The molecule has 1 aliphatic rings. The zero-order valence-corrected chi connectivity index (χ0v) is 17.3. The summed E-state index contributed by atoms with van der Waals surface area (Å²) in [6.07, 6.45) is 7.03. The van der Waals surface area contributed by atoms with Crippen molar-refractivity contribution >= 4 is 23.3 Å². The summed E-state index contributed by atoms with van der Waals surface area (Å²) in [5, 5.41) is 0.688. The van der Waals surface area contributed by atoms with Crippen molar-refractivity contribution in [3.63, 3.8) is 0 Å². The topological polar surface area (TPSA) is 70.8 Å². The molecule has 156 valence electrons. The van der Waals surface area contributed by atoms with E-state index in [1.165, 1.54) is 6.42 Å². The fourth-order valence-electron chi connectivity index (χ4n) is 3.30. The van der Waals surface area contributed by atoms with Crippen LogP contribution in [0.3, 0.4) is 0 Å². The van der Waals surface area contributed by atoms with Gasteiger partial charge in [0.15, 0.2) is 0 Å². The molecule has 0 spiro atoms. The second-order valence-corrected chi connectivity index (χ2v) is 7.71. The lowest BCUT2D eigenvalue weighted by Crippen LogP contribution is -2.21. The van der Waals surface area contributed by atoms with Gasteiger partial charge in [-0.2, -0.15) is 0 Å². The Balaban J connectivity index is 1.41. The van der Waals surface area contributed by atoms with E-state index in [2.05, 4.69) is 0 Å². The molecular formula is C23H28ClNO4. The molecule has 0 amide bonds. The van der Waals surface area contributed by atoms with Gasteiger partial charge in [0, 0.05) is 5.02 Å². The molecule has 0 saturated heterocycles. The maximum atomic E-state index is 12.4. The Morgan fingerprint density at radius 3 is 2.38 bits per heavy atom. The average Bonchev–Trinajstić information content (AvgIpc) is 2.73. The maximum absolute atomic E-state index is 12.4. The molecule has 0 bridgehead atoms. The Morgan fingerprint density at radius 2 is 1.66 bits per heavy atom. The quantitative estimate of drug-likeness (QED) is 0.324. The largest absolute Gasteiger partial charge is 0.494 e. The fraction of sp³-hybridized carbons (Fsp3) is 0.435. The molecule has 1 fully saturated rings. The van der Waals surface area contributed by atoms with Crippen LogP contribution in [-0.2, 0) is 4.74 Å². The molecule has 0 unspecified atom stereocenters. The first kappa shape index (κ1) is 21.3. The molecule has 6 heteroatoms. The number of rotatable bonds is 9. The molecule has 0 atom stereocenters. The van der Waals surface area contributed by atoms with Crippen molar-refractivity contribution < 1.29 is 19.0 Å². The fourth-order valence-corrected chi connectivity index (χ4v) is 3.42. The monoisotopic (exact) mass is 417 g/mol. The minimum absolute atomic E-state index is 0.0267. The minimum atomic E-state index is -0.307. The Kier molecular flexibility index (Phi) is 8.05. The van der Waals surface area contributed by atoms with E-state index < -0.39 is 0 Å². The number of nitrogens with two attached hydrogens (primary N) is 1. The highest BCUT2D eigenvalue weighted by atomic mass is 35.5. The SMILES string of the molecule is Nc1ccc(C(=O)OC2CCCCC2)cc1OCCCCOc1ccc(Cl)cc1. The maximum Gasteiger partial charge on any atom is 0.338 e. The van der Waals surface area contributed by atoms with E-state index in [1.807, 2.05) is 12.1 Å². The van der Waals surface area contributed by atoms with Crippen LogP contribution in [0.5, 0.6) is 11.5 Å². The number of nitrogen functional groups attached to an aromatic ring is 1. The lowest BCUT2D eigenvalue weighted by Gasteiger charge is -2.22. The summed E-state index contributed by atoms with van der Waals surface area (Å²) in [5.74, 6) is 1.00. The molecule has 0 heterocycles. The number of ether oxygens (including phenoxy) is 3. The molecular weight excluding hydrogens is 390 g/mol. The molecule has 0 radical (unpaired) electrons. The van der Waals surface area contributed by atoms with E-state index in [0.717, 1.165) is 44.3 Å². The summed E-state index contributed by atoms with van der Waals surface area (Å²) < 4.78 is 17.1. The van der Waals surface area contributed by atoms with E-state index in [9.17, 15) is 4.79 Å². The second kappa shape index (κ2) is 11.0. The van der Waals surface area contributed by atoms with Crippen molar-refractivity contribution in [2.75, 3.05) is 18.9 Å². The first-order valence-corrected chi connectivity index (χ1v) is 10.6. The van der Waals surface area contributed by atoms with Gasteiger partial charge in [0.2, 0.25) is 0 Å². The van der Waals surface area contributed by atoms with Crippen LogP contribution in [-0.4, -0.2) is 25.3 Å². The van der Waals surface area contributed by atoms with Crippen LogP contribution in [0, 0.1) is 0 Å². The van der Waals surface area contributed by atoms with E-state index in [1.54, 1.807) is 30.3 Å². The summed E-state index contributed by atoms with van der Waals surface area (Å²) in [7, 11) is 0. The van der Waals surface area contributed by atoms with Crippen molar-refractivity contribution in [3.05, 3.63) is 53.1 Å². The third-order valence-electron chi connectivity index (χ3n) is 4.95. The predicted octanol–water partition coefficient (Wildman–Crippen LogP) is 5.65. The zero-order chi connectivity index (χ0) is 20.5.